The number of piperidine rings is 1. The summed E-state index contributed by atoms with van der Waals surface area (Å²) < 4.78 is 0. The standard InChI is InChI=1S/C16H31N/c1-5-14-11-15(2,3)13-16(4,12-14)17-9-7-6-8-10-17/h14H,5-13H2,1-4H3/t14-,16-/m0/s1. The second kappa shape index (κ2) is 4.91. The van der Waals surface area contributed by atoms with Gasteiger partial charge in [-0.1, -0.05) is 33.6 Å². The maximum atomic E-state index is 2.82. The summed E-state index contributed by atoms with van der Waals surface area (Å²) >= 11 is 0. The molecule has 0 amide bonds. The van der Waals surface area contributed by atoms with E-state index in [0.29, 0.717) is 11.0 Å². The lowest BCUT2D eigenvalue weighted by Gasteiger charge is -2.53. The van der Waals surface area contributed by atoms with Crippen LogP contribution in [0, 0.1) is 11.3 Å². The summed E-state index contributed by atoms with van der Waals surface area (Å²) in [7, 11) is 0. The molecule has 1 saturated heterocycles. The molecule has 1 aliphatic heterocycles. The molecular formula is C16H31N. The summed E-state index contributed by atoms with van der Waals surface area (Å²) in [5.74, 6) is 0.950. The minimum Gasteiger partial charge on any atom is -0.298 e. The van der Waals surface area contributed by atoms with Gasteiger partial charge in [-0.2, -0.15) is 0 Å². The Morgan fingerprint density at radius 3 is 2.24 bits per heavy atom. The maximum absolute atomic E-state index is 2.82. The van der Waals surface area contributed by atoms with Gasteiger partial charge in [0.15, 0.2) is 0 Å². The Morgan fingerprint density at radius 2 is 1.65 bits per heavy atom. The van der Waals surface area contributed by atoms with Crippen molar-refractivity contribution in [2.75, 3.05) is 13.1 Å². The second-order valence-corrected chi connectivity index (χ2v) is 7.57. The van der Waals surface area contributed by atoms with E-state index >= 15 is 0 Å². The van der Waals surface area contributed by atoms with Crippen LogP contribution in [0.15, 0.2) is 0 Å². The van der Waals surface area contributed by atoms with Crippen molar-refractivity contribution >= 4 is 0 Å². The highest BCUT2D eigenvalue weighted by Gasteiger charge is 2.43. The highest BCUT2D eigenvalue weighted by Crippen LogP contribution is 2.47. The second-order valence-electron chi connectivity index (χ2n) is 7.57. The zero-order chi connectivity index (χ0) is 12.5. The van der Waals surface area contributed by atoms with Gasteiger partial charge in [-0.3, -0.25) is 4.90 Å². The third-order valence-electron chi connectivity index (χ3n) is 5.13. The maximum Gasteiger partial charge on any atom is 0.0189 e. The van der Waals surface area contributed by atoms with E-state index in [-0.39, 0.29) is 0 Å². The van der Waals surface area contributed by atoms with Crippen molar-refractivity contribution in [1.82, 2.24) is 4.90 Å². The molecule has 1 heteroatoms. The normalized spacial score (nSPS) is 39.2. The van der Waals surface area contributed by atoms with Gasteiger partial charge in [-0.25, -0.2) is 0 Å². The SMILES string of the molecule is CC[C@H]1CC(C)(C)C[C@@](C)(N2CCCCC2)C1. The van der Waals surface area contributed by atoms with Gasteiger partial charge in [-0.05, 0) is 63.5 Å². The van der Waals surface area contributed by atoms with Gasteiger partial charge < -0.3 is 0 Å². The molecule has 0 aromatic heterocycles. The molecule has 2 fully saturated rings. The third-order valence-corrected chi connectivity index (χ3v) is 5.13. The predicted octanol–water partition coefficient (Wildman–Crippen LogP) is 4.47. The van der Waals surface area contributed by atoms with Gasteiger partial charge in [0.1, 0.15) is 0 Å². The Kier molecular flexibility index (Phi) is 3.87. The minimum atomic E-state index is 0.489. The van der Waals surface area contributed by atoms with Crippen LogP contribution in [0.25, 0.3) is 0 Å². The molecule has 0 unspecified atom stereocenters. The highest BCUT2D eigenvalue weighted by molar-refractivity contribution is 4.98. The van der Waals surface area contributed by atoms with Gasteiger partial charge >= 0.3 is 0 Å². The number of likely N-dealkylation sites (tertiary alicyclic amines) is 1. The highest BCUT2D eigenvalue weighted by atomic mass is 15.2. The molecule has 0 aromatic rings. The first kappa shape index (κ1) is 13.4. The van der Waals surface area contributed by atoms with Crippen LogP contribution in [0.1, 0.15) is 72.6 Å². The predicted molar refractivity (Wildman–Crippen MR) is 75.2 cm³/mol. The van der Waals surface area contributed by atoms with Crippen molar-refractivity contribution in [3.63, 3.8) is 0 Å². The van der Waals surface area contributed by atoms with Crippen molar-refractivity contribution in [2.45, 2.75) is 78.2 Å². The Hall–Kier alpha value is -0.0400. The zero-order valence-corrected chi connectivity index (χ0v) is 12.4. The van der Waals surface area contributed by atoms with E-state index in [1.807, 2.05) is 0 Å². The van der Waals surface area contributed by atoms with Gasteiger partial charge in [0.05, 0.1) is 0 Å². The molecule has 1 nitrogen and oxygen atoms in total. The lowest BCUT2D eigenvalue weighted by molar-refractivity contribution is -0.0192. The average Bonchev–Trinajstić information content (AvgIpc) is 2.28. The third kappa shape index (κ3) is 3.05. The van der Waals surface area contributed by atoms with Crippen LogP contribution < -0.4 is 0 Å². The van der Waals surface area contributed by atoms with Gasteiger partial charge in [0, 0.05) is 5.54 Å². The van der Waals surface area contributed by atoms with Crippen LogP contribution in [0.4, 0.5) is 0 Å². The summed E-state index contributed by atoms with van der Waals surface area (Å²) in [5, 5.41) is 0. The lowest BCUT2D eigenvalue weighted by atomic mass is 9.63. The molecule has 1 heterocycles. The summed E-state index contributed by atoms with van der Waals surface area (Å²) in [6.45, 7) is 12.6. The van der Waals surface area contributed by atoms with E-state index in [1.165, 1.54) is 58.0 Å². The number of hydrogen-bond acceptors (Lipinski definition) is 1. The van der Waals surface area contributed by atoms with Crippen LogP contribution in [-0.4, -0.2) is 23.5 Å². The van der Waals surface area contributed by atoms with E-state index in [9.17, 15) is 0 Å². The Morgan fingerprint density at radius 1 is 1.00 bits per heavy atom. The Balaban J connectivity index is 2.10. The van der Waals surface area contributed by atoms with E-state index < -0.39 is 0 Å². The first-order valence-corrected chi connectivity index (χ1v) is 7.70. The fourth-order valence-corrected chi connectivity index (χ4v) is 4.61. The molecule has 0 aromatic carbocycles. The molecule has 2 atom stereocenters. The van der Waals surface area contributed by atoms with E-state index in [4.69, 9.17) is 0 Å². The number of nitrogens with zero attached hydrogens (tertiary/aromatic N) is 1. The first-order valence-electron chi connectivity index (χ1n) is 7.70. The summed E-state index contributed by atoms with van der Waals surface area (Å²) in [4.78, 5) is 2.82. The number of rotatable bonds is 2. The lowest BCUT2D eigenvalue weighted by Crippen LogP contribution is -2.54. The average molecular weight is 237 g/mol. The van der Waals surface area contributed by atoms with Gasteiger partial charge in [-0.15, -0.1) is 0 Å². The van der Waals surface area contributed by atoms with Crippen LogP contribution >= 0.6 is 0 Å². The van der Waals surface area contributed by atoms with Crippen molar-refractivity contribution in [3.05, 3.63) is 0 Å². The minimum absolute atomic E-state index is 0.489. The molecule has 0 radical (unpaired) electrons. The number of hydrogen-bond donors (Lipinski definition) is 0. The van der Waals surface area contributed by atoms with Crippen LogP contribution in [-0.2, 0) is 0 Å². The molecule has 17 heavy (non-hydrogen) atoms. The van der Waals surface area contributed by atoms with Crippen molar-refractivity contribution in [2.24, 2.45) is 11.3 Å². The first-order chi connectivity index (χ1) is 7.95. The van der Waals surface area contributed by atoms with Crippen LogP contribution in [0.3, 0.4) is 0 Å². The van der Waals surface area contributed by atoms with E-state index in [0.717, 1.165) is 5.92 Å². The quantitative estimate of drug-likeness (QED) is 0.685. The van der Waals surface area contributed by atoms with Crippen molar-refractivity contribution in [3.8, 4) is 0 Å². The van der Waals surface area contributed by atoms with Crippen LogP contribution in [0.5, 0.6) is 0 Å². The van der Waals surface area contributed by atoms with E-state index in [1.54, 1.807) is 0 Å². The molecule has 0 bridgehead atoms. The molecule has 1 aliphatic carbocycles. The van der Waals surface area contributed by atoms with E-state index in [2.05, 4.69) is 32.6 Å². The monoisotopic (exact) mass is 237 g/mol. The molecule has 0 N–H and O–H groups in total. The summed E-state index contributed by atoms with van der Waals surface area (Å²) in [6.07, 6.45) is 9.94. The smallest absolute Gasteiger partial charge is 0.0189 e. The zero-order valence-electron chi connectivity index (χ0n) is 12.4. The Labute approximate surface area is 108 Å². The molecule has 100 valence electrons. The fraction of sp³-hybridized carbons (Fsp3) is 1.00. The largest absolute Gasteiger partial charge is 0.298 e. The Bertz CT molecular complexity index is 252. The molecule has 0 spiro atoms. The van der Waals surface area contributed by atoms with Gasteiger partial charge in [0.2, 0.25) is 0 Å². The van der Waals surface area contributed by atoms with Gasteiger partial charge in [0.25, 0.3) is 0 Å². The summed E-state index contributed by atoms with van der Waals surface area (Å²) in [5.41, 5.74) is 1.04. The fourth-order valence-electron chi connectivity index (χ4n) is 4.61. The van der Waals surface area contributed by atoms with Crippen LogP contribution in [0.2, 0.25) is 0 Å². The molecule has 2 rings (SSSR count). The molecule has 1 saturated carbocycles. The molecule has 2 aliphatic rings. The van der Waals surface area contributed by atoms with Crippen molar-refractivity contribution in [1.29, 1.82) is 0 Å². The molecular weight excluding hydrogens is 206 g/mol. The topological polar surface area (TPSA) is 3.24 Å². The summed E-state index contributed by atoms with van der Waals surface area (Å²) in [6, 6.07) is 0. The van der Waals surface area contributed by atoms with Crippen molar-refractivity contribution < 1.29 is 0 Å².